The van der Waals surface area contributed by atoms with Crippen molar-refractivity contribution in [3.63, 3.8) is 0 Å². The molecule has 29 heavy (non-hydrogen) atoms. The van der Waals surface area contributed by atoms with Gasteiger partial charge in [0.25, 0.3) is 0 Å². The Morgan fingerprint density at radius 3 is 1.48 bits per heavy atom. The van der Waals surface area contributed by atoms with Crippen LogP contribution in [0.2, 0.25) is 0 Å². The summed E-state index contributed by atoms with van der Waals surface area (Å²) in [4.78, 5) is 0. The Hall–Kier alpha value is -3.98. The van der Waals surface area contributed by atoms with Gasteiger partial charge in [0.15, 0.2) is 0 Å². The van der Waals surface area contributed by atoms with Crippen molar-refractivity contribution in [2.45, 2.75) is 0 Å². The maximum atomic E-state index is 9.44. The van der Waals surface area contributed by atoms with Crippen molar-refractivity contribution in [1.82, 2.24) is 0 Å². The van der Waals surface area contributed by atoms with E-state index >= 15 is 0 Å². The summed E-state index contributed by atoms with van der Waals surface area (Å²) in [6.45, 7) is 0. The van der Waals surface area contributed by atoms with Crippen LogP contribution in [0.5, 0.6) is 28.7 Å². The highest BCUT2D eigenvalue weighted by Gasteiger charge is 2.05. The van der Waals surface area contributed by atoms with E-state index in [2.05, 4.69) is 0 Å². The largest absolute Gasteiger partial charge is 0.508 e. The number of hydrogen-bond donors (Lipinski definition) is 1. The first-order valence-corrected chi connectivity index (χ1v) is 9.33. The topological polar surface area (TPSA) is 38.7 Å². The Kier molecular flexibility index (Phi) is 5.58. The molecular weight excluding hydrogens is 360 g/mol. The molecule has 3 nitrogen and oxygen atoms in total. The summed E-state index contributed by atoms with van der Waals surface area (Å²) in [5.41, 5.74) is 1.93. The van der Waals surface area contributed by atoms with E-state index in [0.29, 0.717) is 11.5 Å². The number of ether oxygens (including phenoxy) is 2. The number of aromatic hydroxyl groups is 1. The monoisotopic (exact) mass is 380 g/mol. The van der Waals surface area contributed by atoms with E-state index in [4.69, 9.17) is 9.47 Å². The lowest BCUT2D eigenvalue weighted by molar-refractivity contribution is 0.460. The molecule has 4 aromatic carbocycles. The summed E-state index contributed by atoms with van der Waals surface area (Å²) >= 11 is 0. The van der Waals surface area contributed by atoms with Gasteiger partial charge in [-0.05, 0) is 59.7 Å². The van der Waals surface area contributed by atoms with Gasteiger partial charge in [-0.2, -0.15) is 0 Å². The Labute approximate surface area is 170 Å². The van der Waals surface area contributed by atoms with Crippen LogP contribution >= 0.6 is 0 Å². The second kappa shape index (κ2) is 8.81. The lowest BCUT2D eigenvalue weighted by Gasteiger charge is -2.11. The van der Waals surface area contributed by atoms with Crippen molar-refractivity contribution >= 4 is 12.2 Å². The van der Waals surface area contributed by atoms with E-state index in [1.807, 2.05) is 103 Å². The summed E-state index contributed by atoms with van der Waals surface area (Å²) < 4.78 is 12.0. The Balaban J connectivity index is 1.64. The Morgan fingerprint density at radius 2 is 0.966 bits per heavy atom. The van der Waals surface area contributed by atoms with Gasteiger partial charge in [0.2, 0.25) is 0 Å². The third-order valence-corrected chi connectivity index (χ3v) is 4.22. The molecule has 0 saturated carbocycles. The highest BCUT2D eigenvalue weighted by atomic mass is 16.5. The lowest BCUT2D eigenvalue weighted by Crippen LogP contribution is -1.89. The summed E-state index contributed by atoms with van der Waals surface area (Å²) in [5, 5.41) is 9.44. The van der Waals surface area contributed by atoms with Crippen molar-refractivity contribution in [2.24, 2.45) is 0 Å². The maximum Gasteiger partial charge on any atom is 0.131 e. The van der Waals surface area contributed by atoms with Crippen molar-refractivity contribution in [3.8, 4) is 28.7 Å². The molecule has 0 aromatic heterocycles. The van der Waals surface area contributed by atoms with Gasteiger partial charge in [0, 0.05) is 6.07 Å². The Morgan fingerprint density at radius 1 is 0.483 bits per heavy atom. The van der Waals surface area contributed by atoms with Crippen molar-refractivity contribution in [1.29, 1.82) is 0 Å². The summed E-state index contributed by atoms with van der Waals surface area (Å²) in [6.07, 6.45) is 3.97. The zero-order valence-corrected chi connectivity index (χ0v) is 15.7. The predicted molar refractivity (Wildman–Crippen MR) is 117 cm³/mol. The minimum absolute atomic E-state index is 0.249. The molecule has 0 bridgehead atoms. The fourth-order valence-corrected chi connectivity index (χ4v) is 2.83. The highest BCUT2D eigenvalue weighted by molar-refractivity contribution is 5.71. The second-order valence-electron chi connectivity index (χ2n) is 6.49. The first-order chi connectivity index (χ1) is 14.2. The molecule has 0 fully saturated rings. The molecule has 1 N–H and O–H groups in total. The van der Waals surface area contributed by atoms with Crippen molar-refractivity contribution < 1.29 is 14.6 Å². The van der Waals surface area contributed by atoms with Crippen LogP contribution in [0, 0.1) is 0 Å². The number of phenols is 1. The predicted octanol–water partition coefficient (Wildman–Crippen LogP) is 7.15. The molecule has 0 heterocycles. The van der Waals surface area contributed by atoms with Crippen LogP contribution in [0.4, 0.5) is 0 Å². The Bertz CT molecular complexity index is 1030. The molecule has 0 radical (unpaired) electrons. The molecule has 0 amide bonds. The van der Waals surface area contributed by atoms with Gasteiger partial charge in [-0.15, -0.1) is 0 Å². The number of rotatable bonds is 6. The first-order valence-electron chi connectivity index (χ1n) is 9.33. The van der Waals surface area contributed by atoms with Crippen LogP contribution in [0.3, 0.4) is 0 Å². The van der Waals surface area contributed by atoms with Crippen molar-refractivity contribution in [3.05, 3.63) is 114 Å². The molecular formula is C26H20O3. The van der Waals surface area contributed by atoms with Crippen LogP contribution in [0.15, 0.2) is 103 Å². The van der Waals surface area contributed by atoms with Gasteiger partial charge in [-0.25, -0.2) is 0 Å². The number of benzene rings is 4. The van der Waals surface area contributed by atoms with E-state index in [1.54, 1.807) is 12.1 Å². The van der Waals surface area contributed by atoms with Gasteiger partial charge in [-0.1, -0.05) is 60.7 Å². The van der Waals surface area contributed by atoms with Crippen molar-refractivity contribution in [2.75, 3.05) is 0 Å². The molecule has 4 aromatic rings. The quantitative estimate of drug-likeness (QED) is 0.361. The molecule has 0 spiro atoms. The smallest absolute Gasteiger partial charge is 0.131 e. The van der Waals surface area contributed by atoms with Gasteiger partial charge < -0.3 is 14.6 Å². The van der Waals surface area contributed by atoms with Gasteiger partial charge in [0.05, 0.1) is 0 Å². The first kappa shape index (κ1) is 18.4. The second-order valence-corrected chi connectivity index (χ2v) is 6.49. The number of hydrogen-bond acceptors (Lipinski definition) is 3. The van der Waals surface area contributed by atoms with Gasteiger partial charge in [-0.3, -0.25) is 0 Å². The fourth-order valence-electron chi connectivity index (χ4n) is 2.83. The average Bonchev–Trinajstić information content (AvgIpc) is 2.75. The van der Waals surface area contributed by atoms with Gasteiger partial charge in [0.1, 0.15) is 28.7 Å². The normalized spacial score (nSPS) is 10.8. The summed E-state index contributed by atoms with van der Waals surface area (Å²) in [5.74, 6) is 3.15. The van der Waals surface area contributed by atoms with Crippen LogP contribution in [0.1, 0.15) is 11.1 Å². The summed E-state index contributed by atoms with van der Waals surface area (Å²) in [6, 6.07) is 32.1. The number of para-hydroxylation sites is 2. The van der Waals surface area contributed by atoms with Crippen LogP contribution < -0.4 is 9.47 Å². The maximum absolute atomic E-state index is 9.44. The minimum Gasteiger partial charge on any atom is -0.508 e. The zero-order valence-electron chi connectivity index (χ0n) is 15.7. The third-order valence-electron chi connectivity index (χ3n) is 4.22. The lowest BCUT2D eigenvalue weighted by atomic mass is 10.1. The molecule has 3 heteroatoms. The standard InChI is InChI=1S/C26H20O3/c27-22-15-13-20(14-16-22)11-12-21-17-25(28-23-7-3-1-4-8-23)19-26(18-21)29-24-9-5-2-6-10-24/h1-19,27H. The number of phenolic OH excluding ortho intramolecular Hbond substituents is 1. The van der Waals surface area contributed by atoms with E-state index in [9.17, 15) is 5.11 Å². The highest BCUT2D eigenvalue weighted by Crippen LogP contribution is 2.31. The molecule has 0 saturated heterocycles. The molecule has 142 valence electrons. The molecule has 4 rings (SSSR count). The third kappa shape index (κ3) is 5.27. The molecule has 0 aliphatic heterocycles. The van der Waals surface area contributed by atoms with E-state index in [0.717, 1.165) is 22.6 Å². The van der Waals surface area contributed by atoms with E-state index in [-0.39, 0.29) is 5.75 Å². The summed E-state index contributed by atoms with van der Waals surface area (Å²) in [7, 11) is 0. The van der Waals surface area contributed by atoms with Crippen LogP contribution in [-0.2, 0) is 0 Å². The van der Waals surface area contributed by atoms with Crippen LogP contribution in [-0.4, -0.2) is 5.11 Å². The minimum atomic E-state index is 0.249. The van der Waals surface area contributed by atoms with E-state index in [1.165, 1.54) is 0 Å². The zero-order chi connectivity index (χ0) is 19.9. The van der Waals surface area contributed by atoms with Crippen LogP contribution in [0.25, 0.3) is 12.2 Å². The van der Waals surface area contributed by atoms with Gasteiger partial charge >= 0.3 is 0 Å². The SMILES string of the molecule is Oc1ccc(C=Cc2cc(Oc3ccccc3)cc(Oc3ccccc3)c2)cc1. The molecule has 0 aliphatic carbocycles. The molecule has 0 unspecified atom stereocenters. The fraction of sp³-hybridized carbons (Fsp3) is 0. The molecule has 0 aliphatic rings. The van der Waals surface area contributed by atoms with E-state index < -0.39 is 0 Å². The molecule has 0 atom stereocenters. The average molecular weight is 380 g/mol.